The number of rotatable bonds is 1. The molecule has 0 aromatic heterocycles. The van der Waals surface area contributed by atoms with Crippen LogP contribution in [0.15, 0.2) is 12.2 Å². The molecule has 6 atom stereocenters. The zero-order chi connectivity index (χ0) is 10.8. The third-order valence-electron chi connectivity index (χ3n) is 6.16. The number of hydrogen-bond donors (Lipinski definition) is 0. The van der Waals surface area contributed by atoms with Gasteiger partial charge in [0, 0.05) is 0 Å². The molecule has 3 rings (SSSR count). The third kappa shape index (κ3) is 1.04. The van der Waals surface area contributed by atoms with Crippen LogP contribution < -0.4 is 0 Å². The van der Waals surface area contributed by atoms with E-state index in [-0.39, 0.29) is 0 Å². The summed E-state index contributed by atoms with van der Waals surface area (Å²) in [6.07, 6.45) is 5.95. The molecule has 0 heterocycles. The normalized spacial score (nSPS) is 57.1. The molecule has 0 aliphatic heterocycles. The van der Waals surface area contributed by atoms with Gasteiger partial charge in [0.05, 0.1) is 0 Å². The smallest absolute Gasteiger partial charge is 0.0141 e. The number of allylic oxidation sites excluding steroid dienone is 1. The van der Waals surface area contributed by atoms with E-state index in [0.717, 1.165) is 29.6 Å². The van der Waals surface area contributed by atoms with Crippen molar-refractivity contribution in [3.8, 4) is 0 Å². The Bertz CT molecular complexity index is 303. The van der Waals surface area contributed by atoms with Crippen molar-refractivity contribution in [1.82, 2.24) is 0 Å². The molecular formula is C15H24. The molecule has 0 bridgehead atoms. The van der Waals surface area contributed by atoms with Crippen LogP contribution in [0.3, 0.4) is 0 Å². The summed E-state index contributed by atoms with van der Waals surface area (Å²) in [5, 5.41) is 0. The lowest BCUT2D eigenvalue weighted by Crippen LogP contribution is -2.39. The molecule has 3 saturated carbocycles. The SMILES string of the molecule is C=C(C)[C@H]1[C@@H]2[C@H](C)CC[C@@H]2[C@@]2(C)CC[C@@H]12. The van der Waals surface area contributed by atoms with Gasteiger partial charge in [-0.3, -0.25) is 0 Å². The zero-order valence-electron chi connectivity index (χ0n) is 10.4. The lowest BCUT2D eigenvalue weighted by atomic mass is 9.57. The predicted octanol–water partition coefficient (Wildman–Crippen LogP) is 4.27. The Morgan fingerprint density at radius 3 is 2.47 bits per heavy atom. The Morgan fingerprint density at radius 2 is 1.93 bits per heavy atom. The van der Waals surface area contributed by atoms with E-state index in [2.05, 4.69) is 27.4 Å². The lowest BCUT2D eigenvalue weighted by Gasteiger charge is -2.47. The molecular weight excluding hydrogens is 180 g/mol. The lowest BCUT2D eigenvalue weighted by molar-refractivity contribution is 0.0272. The van der Waals surface area contributed by atoms with Gasteiger partial charge in [-0.15, -0.1) is 0 Å². The quantitative estimate of drug-likeness (QED) is 0.559. The first-order chi connectivity index (χ1) is 7.05. The minimum atomic E-state index is 0.707. The summed E-state index contributed by atoms with van der Waals surface area (Å²) < 4.78 is 0. The summed E-state index contributed by atoms with van der Waals surface area (Å²) in [7, 11) is 0. The maximum atomic E-state index is 4.28. The molecule has 15 heavy (non-hydrogen) atoms. The molecule has 0 amide bonds. The van der Waals surface area contributed by atoms with Gasteiger partial charge in [-0.05, 0) is 61.2 Å². The Hall–Kier alpha value is -0.260. The standard InChI is InChI=1S/C15H24/c1-9(2)13-12-7-8-15(12,4)11-6-5-10(3)14(11)13/h10-14H,1,5-8H2,2-4H3/t10-,11+,12+,13-,14-,15-/m1/s1. The van der Waals surface area contributed by atoms with Crippen LogP contribution in [0.25, 0.3) is 0 Å². The third-order valence-corrected chi connectivity index (χ3v) is 6.16. The molecule has 3 fully saturated rings. The van der Waals surface area contributed by atoms with E-state index in [1.54, 1.807) is 0 Å². The number of hydrogen-bond acceptors (Lipinski definition) is 0. The van der Waals surface area contributed by atoms with E-state index < -0.39 is 0 Å². The second kappa shape index (κ2) is 2.90. The van der Waals surface area contributed by atoms with Gasteiger partial charge in [-0.1, -0.05) is 32.4 Å². The predicted molar refractivity (Wildman–Crippen MR) is 64.5 cm³/mol. The Labute approximate surface area is 94.1 Å². The molecule has 0 spiro atoms. The highest BCUT2D eigenvalue weighted by atomic mass is 14.7. The first-order valence-electron chi connectivity index (χ1n) is 6.71. The van der Waals surface area contributed by atoms with Gasteiger partial charge in [0.1, 0.15) is 0 Å². The Morgan fingerprint density at radius 1 is 1.20 bits per heavy atom. The van der Waals surface area contributed by atoms with Crippen LogP contribution in [0.5, 0.6) is 0 Å². The van der Waals surface area contributed by atoms with E-state index >= 15 is 0 Å². The van der Waals surface area contributed by atoms with Crippen LogP contribution >= 0.6 is 0 Å². The highest BCUT2D eigenvalue weighted by Crippen LogP contribution is 2.71. The van der Waals surface area contributed by atoms with Crippen molar-refractivity contribution in [3.05, 3.63) is 12.2 Å². The summed E-state index contributed by atoms with van der Waals surface area (Å²) in [5.41, 5.74) is 2.19. The molecule has 0 unspecified atom stereocenters. The van der Waals surface area contributed by atoms with Crippen molar-refractivity contribution in [2.24, 2.45) is 35.0 Å². The van der Waals surface area contributed by atoms with Crippen LogP contribution in [0, 0.1) is 35.0 Å². The van der Waals surface area contributed by atoms with Gasteiger partial charge in [-0.25, -0.2) is 0 Å². The molecule has 84 valence electrons. The van der Waals surface area contributed by atoms with Gasteiger partial charge < -0.3 is 0 Å². The van der Waals surface area contributed by atoms with Crippen molar-refractivity contribution in [1.29, 1.82) is 0 Å². The van der Waals surface area contributed by atoms with Crippen molar-refractivity contribution in [2.45, 2.75) is 46.5 Å². The van der Waals surface area contributed by atoms with Crippen LogP contribution in [0.4, 0.5) is 0 Å². The van der Waals surface area contributed by atoms with Crippen molar-refractivity contribution in [3.63, 3.8) is 0 Å². The fourth-order valence-electron chi connectivity index (χ4n) is 5.35. The van der Waals surface area contributed by atoms with Gasteiger partial charge >= 0.3 is 0 Å². The topological polar surface area (TPSA) is 0 Å². The maximum absolute atomic E-state index is 4.28. The first kappa shape index (κ1) is 9.93. The fourth-order valence-corrected chi connectivity index (χ4v) is 5.35. The fraction of sp³-hybridized carbons (Fsp3) is 0.867. The average Bonchev–Trinajstić information content (AvgIpc) is 2.59. The van der Waals surface area contributed by atoms with Crippen LogP contribution in [0.1, 0.15) is 46.5 Å². The molecule has 0 saturated heterocycles. The highest BCUT2D eigenvalue weighted by Gasteiger charge is 2.64. The summed E-state index contributed by atoms with van der Waals surface area (Å²) in [5.74, 6) is 4.84. The van der Waals surface area contributed by atoms with Crippen LogP contribution in [0.2, 0.25) is 0 Å². The molecule has 0 radical (unpaired) electrons. The average molecular weight is 204 g/mol. The van der Waals surface area contributed by atoms with E-state index in [9.17, 15) is 0 Å². The van der Waals surface area contributed by atoms with E-state index in [0.29, 0.717) is 5.41 Å². The van der Waals surface area contributed by atoms with Gasteiger partial charge in [0.15, 0.2) is 0 Å². The molecule has 3 aliphatic rings. The number of fused-ring (bicyclic) bond motifs is 3. The van der Waals surface area contributed by atoms with Crippen molar-refractivity contribution >= 4 is 0 Å². The van der Waals surface area contributed by atoms with Crippen molar-refractivity contribution < 1.29 is 0 Å². The highest BCUT2D eigenvalue weighted by molar-refractivity contribution is 5.19. The van der Waals surface area contributed by atoms with Gasteiger partial charge in [0.25, 0.3) is 0 Å². The van der Waals surface area contributed by atoms with E-state index in [1.165, 1.54) is 31.3 Å². The minimum absolute atomic E-state index is 0.707. The molecule has 0 heteroatoms. The Balaban J connectivity index is 1.99. The second-order valence-corrected chi connectivity index (χ2v) is 6.76. The van der Waals surface area contributed by atoms with Crippen molar-refractivity contribution in [2.75, 3.05) is 0 Å². The van der Waals surface area contributed by atoms with E-state index in [4.69, 9.17) is 0 Å². The largest absolute Gasteiger partial charge is 0.0998 e. The summed E-state index contributed by atoms with van der Waals surface area (Å²) in [6.45, 7) is 11.6. The van der Waals surface area contributed by atoms with Crippen LogP contribution in [-0.2, 0) is 0 Å². The summed E-state index contributed by atoms with van der Waals surface area (Å²) in [4.78, 5) is 0. The van der Waals surface area contributed by atoms with Gasteiger partial charge in [-0.2, -0.15) is 0 Å². The minimum Gasteiger partial charge on any atom is -0.0998 e. The van der Waals surface area contributed by atoms with Crippen LogP contribution in [-0.4, -0.2) is 0 Å². The summed E-state index contributed by atoms with van der Waals surface area (Å²) in [6, 6.07) is 0. The molecule has 0 aromatic rings. The molecule has 0 N–H and O–H groups in total. The second-order valence-electron chi connectivity index (χ2n) is 6.76. The monoisotopic (exact) mass is 204 g/mol. The Kier molecular flexibility index (Phi) is 1.92. The maximum Gasteiger partial charge on any atom is -0.0141 e. The molecule has 0 nitrogen and oxygen atoms in total. The first-order valence-corrected chi connectivity index (χ1v) is 6.71. The molecule has 3 aliphatic carbocycles. The molecule has 0 aromatic carbocycles. The van der Waals surface area contributed by atoms with E-state index in [1.807, 2.05) is 0 Å². The zero-order valence-corrected chi connectivity index (χ0v) is 10.4. The summed E-state index contributed by atoms with van der Waals surface area (Å²) >= 11 is 0. The van der Waals surface area contributed by atoms with Gasteiger partial charge in [0.2, 0.25) is 0 Å².